The highest BCUT2D eigenvalue weighted by molar-refractivity contribution is 5.89. The molecular formula is C32H50N4O5. The number of nitrogens with zero attached hydrogens (tertiary/aromatic N) is 1. The molecule has 41 heavy (non-hydrogen) atoms. The molecule has 228 valence electrons. The predicted molar refractivity (Wildman–Crippen MR) is 161 cm³/mol. The van der Waals surface area contributed by atoms with Gasteiger partial charge in [0, 0.05) is 24.7 Å². The maximum absolute atomic E-state index is 13.1. The van der Waals surface area contributed by atoms with E-state index in [9.17, 15) is 19.5 Å². The summed E-state index contributed by atoms with van der Waals surface area (Å²) < 4.78 is 5.35. The van der Waals surface area contributed by atoms with Gasteiger partial charge in [-0.15, -0.1) is 0 Å². The van der Waals surface area contributed by atoms with Crippen molar-refractivity contribution in [2.75, 3.05) is 6.61 Å². The van der Waals surface area contributed by atoms with Crippen LogP contribution in [-0.2, 0) is 27.2 Å². The van der Waals surface area contributed by atoms with E-state index in [2.05, 4.69) is 27.5 Å². The van der Waals surface area contributed by atoms with Gasteiger partial charge in [-0.05, 0) is 12.0 Å². The normalized spacial score (nSPS) is 12.4. The molecule has 0 saturated heterocycles. The van der Waals surface area contributed by atoms with Gasteiger partial charge in [0.05, 0.1) is 12.9 Å². The van der Waals surface area contributed by atoms with Crippen LogP contribution >= 0.6 is 0 Å². The summed E-state index contributed by atoms with van der Waals surface area (Å²) in [5.74, 6) is -1.76. The Labute approximate surface area is 245 Å². The fourth-order valence-corrected chi connectivity index (χ4v) is 4.79. The molecule has 2 amide bonds. The minimum absolute atomic E-state index is 0.0443. The lowest BCUT2D eigenvalue weighted by atomic mass is 10.0. The number of carboxylic acids is 1. The van der Waals surface area contributed by atoms with Gasteiger partial charge < -0.3 is 25.5 Å². The van der Waals surface area contributed by atoms with Crippen LogP contribution in [0.5, 0.6) is 0 Å². The Bertz CT molecular complexity index is 968. The number of carbonyl (C=O) groups excluding carboxylic acids is 2. The molecule has 0 fully saturated rings. The van der Waals surface area contributed by atoms with E-state index in [0.717, 1.165) is 24.8 Å². The van der Waals surface area contributed by atoms with Crippen molar-refractivity contribution < 1.29 is 24.2 Å². The van der Waals surface area contributed by atoms with Crippen LogP contribution < -0.4 is 10.6 Å². The number of aromatic nitrogens is 2. The molecule has 2 rings (SSSR count). The first kappa shape index (κ1) is 33.8. The van der Waals surface area contributed by atoms with Crippen molar-refractivity contribution >= 4 is 18.0 Å². The Morgan fingerprint density at radius 3 is 1.93 bits per heavy atom. The van der Waals surface area contributed by atoms with E-state index in [1.165, 1.54) is 83.2 Å². The summed E-state index contributed by atoms with van der Waals surface area (Å²) >= 11 is 0. The van der Waals surface area contributed by atoms with Gasteiger partial charge >= 0.3 is 12.1 Å². The molecular weight excluding hydrogens is 520 g/mol. The Kier molecular flexibility index (Phi) is 17.7. The third kappa shape index (κ3) is 15.9. The quantitative estimate of drug-likeness (QED) is 0.115. The number of unbranched alkanes of at least 4 members (excludes halogenated alkanes) is 13. The van der Waals surface area contributed by atoms with Gasteiger partial charge in [0.25, 0.3) is 0 Å². The first-order valence-corrected chi connectivity index (χ1v) is 15.5. The van der Waals surface area contributed by atoms with E-state index < -0.39 is 30.1 Å². The third-order valence-corrected chi connectivity index (χ3v) is 7.22. The van der Waals surface area contributed by atoms with Crippen LogP contribution in [0.4, 0.5) is 4.79 Å². The Hall–Kier alpha value is -3.36. The highest BCUT2D eigenvalue weighted by atomic mass is 16.5. The number of hydrogen-bond acceptors (Lipinski definition) is 5. The van der Waals surface area contributed by atoms with Gasteiger partial charge in [-0.3, -0.25) is 4.79 Å². The van der Waals surface area contributed by atoms with E-state index in [0.29, 0.717) is 5.69 Å². The Morgan fingerprint density at radius 1 is 0.805 bits per heavy atom. The number of imidazole rings is 1. The van der Waals surface area contributed by atoms with Gasteiger partial charge in [0.15, 0.2) is 0 Å². The summed E-state index contributed by atoms with van der Waals surface area (Å²) in [5, 5.41) is 14.8. The number of benzene rings is 1. The van der Waals surface area contributed by atoms with Crippen LogP contribution in [0.2, 0.25) is 0 Å². The van der Waals surface area contributed by atoms with Gasteiger partial charge in [-0.2, -0.15) is 0 Å². The molecule has 0 saturated carbocycles. The number of rotatable bonds is 23. The van der Waals surface area contributed by atoms with Crippen LogP contribution in [0.1, 0.15) is 108 Å². The average molecular weight is 571 g/mol. The molecule has 1 aromatic heterocycles. The van der Waals surface area contributed by atoms with Crippen molar-refractivity contribution in [3.8, 4) is 0 Å². The van der Waals surface area contributed by atoms with E-state index in [4.69, 9.17) is 4.74 Å². The van der Waals surface area contributed by atoms with Crippen LogP contribution in [0.3, 0.4) is 0 Å². The van der Waals surface area contributed by atoms with Crippen molar-refractivity contribution in [1.82, 2.24) is 20.6 Å². The van der Waals surface area contributed by atoms with Crippen LogP contribution in [-0.4, -0.2) is 51.7 Å². The van der Waals surface area contributed by atoms with Crippen molar-refractivity contribution in [3.63, 3.8) is 0 Å². The molecule has 0 radical (unpaired) electrons. The molecule has 2 aromatic rings. The topological polar surface area (TPSA) is 133 Å². The lowest BCUT2D eigenvalue weighted by Gasteiger charge is -2.21. The zero-order valence-electron chi connectivity index (χ0n) is 24.7. The summed E-state index contributed by atoms with van der Waals surface area (Å²) in [7, 11) is 0. The second-order valence-electron chi connectivity index (χ2n) is 10.8. The zero-order chi connectivity index (χ0) is 29.5. The van der Waals surface area contributed by atoms with E-state index in [-0.39, 0.29) is 19.4 Å². The number of alkyl carbamates (subject to hydrolysis) is 1. The lowest BCUT2D eigenvalue weighted by Crippen LogP contribution is -2.53. The maximum atomic E-state index is 13.1. The van der Waals surface area contributed by atoms with E-state index >= 15 is 0 Å². The number of hydrogen-bond donors (Lipinski definition) is 4. The summed E-state index contributed by atoms with van der Waals surface area (Å²) in [6, 6.07) is 7.09. The number of ether oxygens (including phenoxy) is 1. The number of nitrogens with one attached hydrogen (secondary N) is 3. The first-order chi connectivity index (χ1) is 20.0. The molecule has 0 aliphatic heterocycles. The van der Waals surface area contributed by atoms with Crippen molar-refractivity contribution in [2.24, 2.45) is 0 Å². The minimum Gasteiger partial charge on any atom is -0.480 e. The number of H-pyrrole nitrogens is 1. The smallest absolute Gasteiger partial charge is 0.407 e. The summed E-state index contributed by atoms with van der Waals surface area (Å²) in [6.45, 7) is 2.53. The maximum Gasteiger partial charge on any atom is 0.407 e. The molecule has 0 aliphatic carbocycles. The predicted octanol–water partition coefficient (Wildman–Crippen LogP) is 6.34. The number of aromatic amines is 1. The molecule has 4 N–H and O–H groups in total. The SMILES string of the molecule is CCCCCCCCCCCCCCCCOC(=O)N[C@@H](Cc1ccccc1)C(=O)N[C@@H](Cc1cnc[nH]1)C(=O)O. The van der Waals surface area contributed by atoms with Crippen LogP contribution in [0.25, 0.3) is 0 Å². The Balaban J connectivity index is 1.66. The second kappa shape index (κ2) is 21.4. The molecule has 0 unspecified atom stereocenters. The summed E-state index contributed by atoms with van der Waals surface area (Å²) in [5.41, 5.74) is 1.42. The van der Waals surface area contributed by atoms with Gasteiger partial charge in [-0.1, -0.05) is 121 Å². The van der Waals surface area contributed by atoms with Crippen molar-refractivity contribution in [1.29, 1.82) is 0 Å². The fraction of sp³-hybridized carbons (Fsp3) is 0.625. The van der Waals surface area contributed by atoms with E-state index in [1.807, 2.05) is 30.3 Å². The molecule has 1 aromatic carbocycles. The van der Waals surface area contributed by atoms with Gasteiger partial charge in [-0.25, -0.2) is 14.6 Å². The zero-order valence-corrected chi connectivity index (χ0v) is 24.7. The molecule has 9 heteroatoms. The third-order valence-electron chi connectivity index (χ3n) is 7.22. The van der Waals surface area contributed by atoms with Crippen LogP contribution in [0.15, 0.2) is 42.9 Å². The minimum atomic E-state index is -1.17. The summed E-state index contributed by atoms with van der Waals surface area (Å²) in [6.07, 6.45) is 20.0. The molecule has 0 aliphatic rings. The lowest BCUT2D eigenvalue weighted by molar-refractivity contribution is -0.142. The number of amides is 2. The number of carboxylic acid groups (broad SMARTS) is 1. The Morgan fingerprint density at radius 2 is 1.39 bits per heavy atom. The van der Waals surface area contributed by atoms with Gasteiger partial charge in [0.2, 0.25) is 5.91 Å². The largest absolute Gasteiger partial charge is 0.480 e. The monoisotopic (exact) mass is 570 g/mol. The standard InChI is InChI=1S/C32H50N4O5/c1-2-3-4-5-6-7-8-9-10-11-12-13-14-18-21-41-32(40)36-28(22-26-19-16-15-17-20-26)30(37)35-29(31(38)39)23-27-24-33-25-34-27/h15-17,19-20,24-25,28-29H,2-14,18,21-23H2,1H3,(H,33,34)(H,35,37)(H,36,40)(H,38,39)/t28-,29-/m0/s1. The molecule has 9 nitrogen and oxygen atoms in total. The van der Waals surface area contributed by atoms with Crippen molar-refractivity contribution in [3.05, 3.63) is 54.1 Å². The van der Waals surface area contributed by atoms with Crippen LogP contribution in [0, 0.1) is 0 Å². The molecule has 0 bridgehead atoms. The number of aliphatic carboxylic acids is 1. The number of carbonyl (C=O) groups is 3. The average Bonchev–Trinajstić information content (AvgIpc) is 3.48. The highest BCUT2D eigenvalue weighted by Gasteiger charge is 2.27. The van der Waals surface area contributed by atoms with E-state index in [1.54, 1.807) is 0 Å². The van der Waals surface area contributed by atoms with Gasteiger partial charge in [0.1, 0.15) is 12.1 Å². The molecule has 0 spiro atoms. The first-order valence-electron chi connectivity index (χ1n) is 15.5. The molecule has 1 heterocycles. The molecule has 2 atom stereocenters. The van der Waals surface area contributed by atoms with Crippen molar-refractivity contribution in [2.45, 2.75) is 122 Å². The fourth-order valence-electron chi connectivity index (χ4n) is 4.79. The highest BCUT2D eigenvalue weighted by Crippen LogP contribution is 2.13. The second-order valence-corrected chi connectivity index (χ2v) is 10.8. The summed E-state index contributed by atoms with van der Waals surface area (Å²) in [4.78, 5) is 44.1.